The van der Waals surface area contributed by atoms with E-state index in [-0.39, 0.29) is 11.3 Å². The summed E-state index contributed by atoms with van der Waals surface area (Å²) in [5.74, 6) is 0.782. The number of hydrogen-bond acceptors (Lipinski definition) is 5. The van der Waals surface area contributed by atoms with E-state index in [9.17, 15) is 0 Å². The Hall–Kier alpha value is -1.85. The van der Waals surface area contributed by atoms with Crippen LogP contribution in [0.25, 0.3) is 22.6 Å². The van der Waals surface area contributed by atoms with Crippen LogP contribution in [0, 0.1) is 0 Å². The third kappa shape index (κ3) is 2.34. The monoisotopic (exact) mass is 295 g/mol. The summed E-state index contributed by atoms with van der Waals surface area (Å²) in [6.07, 6.45) is 0. The van der Waals surface area contributed by atoms with Crippen molar-refractivity contribution >= 4 is 34.2 Å². The smallest absolute Gasteiger partial charge is 0.321 e. The van der Waals surface area contributed by atoms with Crippen molar-refractivity contribution in [3.8, 4) is 17.6 Å². The van der Waals surface area contributed by atoms with E-state index in [1.807, 2.05) is 0 Å². The van der Waals surface area contributed by atoms with E-state index in [1.54, 1.807) is 24.3 Å². The van der Waals surface area contributed by atoms with Crippen LogP contribution in [0.5, 0.6) is 6.01 Å². The molecule has 96 valence electrons. The Bertz CT molecular complexity index is 758. The number of methoxy groups -OCH3 is 1. The molecule has 0 fully saturated rings. The van der Waals surface area contributed by atoms with Gasteiger partial charge in [-0.2, -0.15) is 15.0 Å². The minimum Gasteiger partial charge on any atom is -0.467 e. The molecule has 0 aliphatic heterocycles. The average molecular weight is 296 g/mol. The van der Waals surface area contributed by atoms with Gasteiger partial charge in [-0.05, 0) is 35.9 Å². The average Bonchev–Trinajstić information content (AvgIpc) is 2.80. The Labute approximate surface area is 118 Å². The number of aromatic nitrogens is 3. The van der Waals surface area contributed by atoms with Gasteiger partial charge in [0.15, 0.2) is 5.76 Å². The second kappa shape index (κ2) is 4.68. The standard InChI is InChI=1S/C12H7Cl2N3O2/c1-18-12-16-10(15-11(14)17-12)9-5-6-4-7(13)2-3-8(6)19-9/h2-5H,1H3. The predicted octanol–water partition coefficient (Wildman–Crippen LogP) is 3.60. The zero-order valence-corrected chi connectivity index (χ0v) is 11.2. The lowest BCUT2D eigenvalue weighted by Crippen LogP contribution is -1.97. The van der Waals surface area contributed by atoms with E-state index >= 15 is 0 Å². The molecule has 0 bridgehead atoms. The van der Waals surface area contributed by atoms with Crippen molar-refractivity contribution in [2.45, 2.75) is 0 Å². The number of furan rings is 1. The van der Waals surface area contributed by atoms with Crippen LogP contribution in [-0.4, -0.2) is 22.1 Å². The molecule has 0 aliphatic rings. The topological polar surface area (TPSA) is 61.0 Å². The van der Waals surface area contributed by atoms with Crippen molar-refractivity contribution in [1.82, 2.24) is 15.0 Å². The lowest BCUT2D eigenvalue weighted by molar-refractivity contribution is 0.378. The number of hydrogen-bond donors (Lipinski definition) is 0. The molecule has 0 aliphatic carbocycles. The van der Waals surface area contributed by atoms with Crippen LogP contribution in [0.1, 0.15) is 0 Å². The van der Waals surface area contributed by atoms with Crippen LogP contribution >= 0.6 is 23.2 Å². The van der Waals surface area contributed by atoms with E-state index < -0.39 is 0 Å². The summed E-state index contributed by atoms with van der Waals surface area (Å²) in [6.45, 7) is 0. The molecule has 7 heteroatoms. The van der Waals surface area contributed by atoms with Gasteiger partial charge in [-0.15, -0.1) is 0 Å². The van der Waals surface area contributed by atoms with E-state index in [4.69, 9.17) is 32.4 Å². The summed E-state index contributed by atoms with van der Waals surface area (Å²) in [5.41, 5.74) is 0.690. The van der Waals surface area contributed by atoms with Crippen LogP contribution in [0.4, 0.5) is 0 Å². The highest BCUT2D eigenvalue weighted by Gasteiger charge is 2.12. The van der Waals surface area contributed by atoms with Gasteiger partial charge in [0.25, 0.3) is 0 Å². The Balaban J connectivity index is 2.15. The van der Waals surface area contributed by atoms with Crippen molar-refractivity contribution in [2.24, 2.45) is 0 Å². The summed E-state index contributed by atoms with van der Waals surface area (Å²) in [6, 6.07) is 7.24. The maximum absolute atomic E-state index is 5.92. The van der Waals surface area contributed by atoms with E-state index in [2.05, 4.69) is 15.0 Å². The number of fused-ring (bicyclic) bond motifs is 1. The molecule has 0 N–H and O–H groups in total. The highest BCUT2D eigenvalue weighted by atomic mass is 35.5. The molecule has 0 radical (unpaired) electrons. The molecule has 2 heterocycles. The fourth-order valence-electron chi connectivity index (χ4n) is 1.66. The molecule has 0 unspecified atom stereocenters. The van der Waals surface area contributed by atoms with Crippen LogP contribution in [0.2, 0.25) is 10.3 Å². The van der Waals surface area contributed by atoms with Crippen LogP contribution < -0.4 is 4.74 Å². The number of ether oxygens (including phenoxy) is 1. The molecular weight excluding hydrogens is 289 g/mol. The largest absolute Gasteiger partial charge is 0.467 e. The molecule has 0 atom stereocenters. The Morgan fingerprint density at radius 2 is 1.95 bits per heavy atom. The first-order chi connectivity index (χ1) is 9.15. The molecule has 0 amide bonds. The van der Waals surface area contributed by atoms with Gasteiger partial charge in [0.1, 0.15) is 5.58 Å². The van der Waals surface area contributed by atoms with Gasteiger partial charge in [0, 0.05) is 10.4 Å². The Morgan fingerprint density at radius 1 is 1.11 bits per heavy atom. The SMILES string of the molecule is COc1nc(Cl)nc(-c2cc3cc(Cl)ccc3o2)n1. The molecule has 0 saturated carbocycles. The van der Waals surface area contributed by atoms with Crippen molar-refractivity contribution in [3.63, 3.8) is 0 Å². The first-order valence-electron chi connectivity index (χ1n) is 5.31. The number of nitrogens with zero attached hydrogens (tertiary/aromatic N) is 3. The van der Waals surface area contributed by atoms with Crippen molar-refractivity contribution < 1.29 is 9.15 Å². The predicted molar refractivity (Wildman–Crippen MR) is 71.6 cm³/mol. The van der Waals surface area contributed by atoms with Gasteiger partial charge in [-0.3, -0.25) is 0 Å². The van der Waals surface area contributed by atoms with E-state index in [0.29, 0.717) is 22.2 Å². The highest BCUT2D eigenvalue weighted by molar-refractivity contribution is 6.31. The summed E-state index contributed by atoms with van der Waals surface area (Å²) in [7, 11) is 1.45. The molecule has 0 saturated heterocycles. The second-order valence-corrected chi connectivity index (χ2v) is 4.48. The third-order valence-electron chi connectivity index (χ3n) is 2.47. The molecule has 3 aromatic rings. The summed E-state index contributed by atoms with van der Waals surface area (Å²) in [4.78, 5) is 11.9. The zero-order chi connectivity index (χ0) is 13.4. The van der Waals surface area contributed by atoms with Gasteiger partial charge >= 0.3 is 6.01 Å². The fourth-order valence-corrected chi connectivity index (χ4v) is 1.99. The summed E-state index contributed by atoms with van der Waals surface area (Å²) in [5, 5.41) is 1.53. The third-order valence-corrected chi connectivity index (χ3v) is 2.87. The van der Waals surface area contributed by atoms with Gasteiger partial charge < -0.3 is 9.15 Å². The number of benzene rings is 1. The molecular formula is C12H7Cl2N3O2. The zero-order valence-electron chi connectivity index (χ0n) is 9.72. The van der Waals surface area contributed by atoms with Crippen LogP contribution in [0.15, 0.2) is 28.7 Å². The molecule has 2 aromatic heterocycles. The summed E-state index contributed by atoms with van der Waals surface area (Å²) < 4.78 is 10.6. The first kappa shape index (κ1) is 12.2. The van der Waals surface area contributed by atoms with Gasteiger partial charge in [-0.1, -0.05) is 11.6 Å². The van der Waals surface area contributed by atoms with E-state index in [1.165, 1.54) is 7.11 Å². The molecule has 1 aromatic carbocycles. The number of halogens is 2. The second-order valence-electron chi connectivity index (χ2n) is 3.71. The maximum Gasteiger partial charge on any atom is 0.321 e. The highest BCUT2D eigenvalue weighted by Crippen LogP contribution is 2.28. The lowest BCUT2D eigenvalue weighted by Gasteiger charge is -1.99. The van der Waals surface area contributed by atoms with Crippen molar-refractivity contribution in [3.05, 3.63) is 34.6 Å². The van der Waals surface area contributed by atoms with Gasteiger partial charge in [-0.25, -0.2) is 0 Å². The van der Waals surface area contributed by atoms with Crippen LogP contribution in [-0.2, 0) is 0 Å². The van der Waals surface area contributed by atoms with E-state index in [0.717, 1.165) is 5.39 Å². The van der Waals surface area contributed by atoms with Gasteiger partial charge in [0.2, 0.25) is 11.1 Å². The number of rotatable bonds is 2. The molecule has 3 rings (SSSR count). The lowest BCUT2D eigenvalue weighted by atomic mass is 10.2. The quantitative estimate of drug-likeness (QED) is 0.723. The van der Waals surface area contributed by atoms with Crippen LogP contribution in [0.3, 0.4) is 0 Å². The fraction of sp³-hybridized carbons (Fsp3) is 0.0833. The maximum atomic E-state index is 5.92. The van der Waals surface area contributed by atoms with Crippen molar-refractivity contribution in [1.29, 1.82) is 0 Å². The summed E-state index contributed by atoms with van der Waals surface area (Å²) >= 11 is 11.7. The van der Waals surface area contributed by atoms with Crippen molar-refractivity contribution in [2.75, 3.05) is 7.11 Å². The molecule has 19 heavy (non-hydrogen) atoms. The van der Waals surface area contributed by atoms with Gasteiger partial charge in [0.05, 0.1) is 7.11 Å². The minimum absolute atomic E-state index is 0.0420. The first-order valence-corrected chi connectivity index (χ1v) is 6.06. The Kier molecular flexibility index (Phi) is 3.00. The minimum atomic E-state index is 0.0420. The Morgan fingerprint density at radius 3 is 2.74 bits per heavy atom. The molecule has 0 spiro atoms. The normalized spacial score (nSPS) is 10.9. The molecule has 5 nitrogen and oxygen atoms in total.